The van der Waals surface area contributed by atoms with Crippen LogP contribution in [0.25, 0.3) is 6.08 Å². The van der Waals surface area contributed by atoms with Crippen LogP contribution in [-0.4, -0.2) is 15.7 Å². The van der Waals surface area contributed by atoms with Crippen LogP contribution in [0.15, 0.2) is 54.6 Å². The third-order valence-corrected chi connectivity index (χ3v) is 4.75. The van der Waals surface area contributed by atoms with Crippen molar-refractivity contribution in [3.8, 4) is 0 Å². The lowest BCUT2D eigenvalue weighted by molar-refractivity contribution is -0.111. The number of aromatic nitrogens is 2. The molecule has 0 aliphatic rings. The summed E-state index contributed by atoms with van der Waals surface area (Å²) in [5, 5.41) is 7.91. The van der Waals surface area contributed by atoms with Crippen LogP contribution in [0.4, 0.5) is 5.69 Å². The maximum atomic E-state index is 12.2. The summed E-state index contributed by atoms with van der Waals surface area (Å²) in [5.41, 5.74) is 5.89. The van der Waals surface area contributed by atoms with Gasteiger partial charge in [-0.2, -0.15) is 5.10 Å². The van der Waals surface area contributed by atoms with Gasteiger partial charge in [-0.1, -0.05) is 53.6 Å². The summed E-state index contributed by atoms with van der Waals surface area (Å²) in [5.74, 6) is -0.229. The molecule has 0 fully saturated rings. The fourth-order valence-corrected chi connectivity index (χ4v) is 3.05. The number of nitrogens with one attached hydrogen (secondary N) is 1. The number of halogens is 1. The fourth-order valence-electron chi connectivity index (χ4n) is 2.87. The van der Waals surface area contributed by atoms with Gasteiger partial charge in [0.15, 0.2) is 0 Å². The molecule has 3 rings (SSSR count). The molecule has 2 aromatic carbocycles. The first-order valence-corrected chi connectivity index (χ1v) is 9.15. The highest BCUT2D eigenvalue weighted by Gasteiger charge is 2.10. The molecule has 3 aromatic rings. The minimum atomic E-state index is -0.229. The fraction of sp³-hybridized carbons (Fsp3) is 0.182. The smallest absolute Gasteiger partial charge is 0.248 e. The molecule has 0 saturated carbocycles. The van der Waals surface area contributed by atoms with Gasteiger partial charge in [0.1, 0.15) is 0 Å². The number of amides is 1. The summed E-state index contributed by atoms with van der Waals surface area (Å²) >= 11 is 6.07. The van der Waals surface area contributed by atoms with Crippen LogP contribution in [0.5, 0.6) is 0 Å². The standard InChI is InChI=1S/C22H22ClN3O/c1-15-8-10-18(11-9-15)14-26-17(3)19(16(2)25-26)12-13-22(27)24-21-7-5-4-6-20(21)23/h4-13H,14H2,1-3H3,(H,24,27)/b13-12+. The predicted molar refractivity (Wildman–Crippen MR) is 111 cm³/mol. The minimum Gasteiger partial charge on any atom is -0.321 e. The summed E-state index contributed by atoms with van der Waals surface area (Å²) in [4.78, 5) is 12.2. The molecule has 0 atom stereocenters. The van der Waals surface area contributed by atoms with Crippen LogP contribution < -0.4 is 5.32 Å². The number of rotatable bonds is 5. The molecule has 4 nitrogen and oxygen atoms in total. The second-order valence-corrected chi connectivity index (χ2v) is 6.94. The van der Waals surface area contributed by atoms with Crippen molar-refractivity contribution in [3.05, 3.63) is 87.7 Å². The number of nitrogens with zero attached hydrogens (tertiary/aromatic N) is 2. The van der Waals surface area contributed by atoms with Crippen molar-refractivity contribution in [2.24, 2.45) is 0 Å². The highest BCUT2D eigenvalue weighted by molar-refractivity contribution is 6.33. The number of carbonyl (C=O) groups excluding carboxylic acids is 1. The molecule has 0 unspecified atom stereocenters. The van der Waals surface area contributed by atoms with Gasteiger partial charge in [-0.25, -0.2) is 0 Å². The lowest BCUT2D eigenvalue weighted by Gasteiger charge is -2.05. The lowest BCUT2D eigenvalue weighted by atomic mass is 10.1. The number of hydrogen-bond donors (Lipinski definition) is 1. The summed E-state index contributed by atoms with van der Waals surface area (Å²) in [6.07, 6.45) is 3.31. The lowest BCUT2D eigenvalue weighted by Crippen LogP contribution is -2.08. The zero-order valence-corrected chi connectivity index (χ0v) is 16.4. The summed E-state index contributed by atoms with van der Waals surface area (Å²) in [6.45, 7) is 6.74. The van der Waals surface area contributed by atoms with E-state index in [-0.39, 0.29) is 5.91 Å². The van der Waals surface area contributed by atoms with Crippen molar-refractivity contribution in [2.75, 3.05) is 5.32 Å². The Hall–Kier alpha value is -2.85. The zero-order valence-electron chi connectivity index (χ0n) is 15.7. The number of benzene rings is 2. The van der Waals surface area contributed by atoms with E-state index >= 15 is 0 Å². The Morgan fingerprint density at radius 2 is 1.81 bits per heavy atom. The SMILES string of the molecule is Cc1ccc(Cn2nc(C)c(/C=C/C(=O)Nc3ccccc3Cl)c2C)cc1. The first kappa shape index (κ1) is 18.9. The van der Waals surface area contributed by atoms with Gasteiger partial charge in [0.05, 0.1) is 22.9 Å². The maximum absolute atomic E-state index is 12.2. The average Bonchev–Trinajstić information content (AvgIpc) is 2.90. The monoisotopic (exact) mass is 379 g/mol. The molecule has 0 saturated heterocycles. The molecular formula is C22H22ClN3O. The van der Waals surface area contributed by atoms with Crippen LogP contribution in [0, 0.1) is 20.8 Å². The van der Waals surface area contributed by atoms with Gasteiger partial charge in [-0.05, 0) is 44.5 Å². The van der Waals surface area contributed by atoms with Crippen molar-refractivity contribution in [2.45, 2.75) is 27.3 Å². The molecule has 1 heterocycles. The van der Waals surface area contributed by atoms with Crippen LogP contribution in [0.3, 0.4) is 0 Å². The van der Waals surface area contributed by atoms with Gasteiger partial charge in [0.25, 0.3) is 0 Å². The Labute approximate surface area is 164 Å². The number of carbonyl (C=O) groups is 1. The molecule has 1 N–H and O–H groups in total. The Bertz CT molecular complexity index is 987. The van der Waals surface area contributed by atoms with E-state index in [0.717, 1.165) is 17.0 Å². The number of para-hydroxylation sites is 1. The normalized spacial score (nSPS) is 11.1. The second kappa shape index (κ2) is 8.23. The summed E-state index contributed by atoms with van der Waals surface area (Å²) < 4.78 is 1.96. The first-order valence-electron chi connectivity index (χ1n) is 8.77. The van der Waals surface area contributed by atoms with E-state index in [1.54, 1.807) is 18.2 Å². The molecule has 27 heavy (non-hydrogen) atoms. The van der Waals surface area contributed by atoms with Crippen molar-refractivity contribution < 1.29 is 4.79 Å². The van der Waals surface area contributed by atoms with Gasteiger partial charge in [0, 0.05) is 17.3 Å². The highest BCUT2D eigenvalue weighted by atomic mass is 35.5. The predicted octanol–water partition coefficient (Wildman–Crippen LogP) is 5.16. The summed E-state index contributed by atoms with van der Waals surface area (Å²) in [7, 11) is 0. The van der Waals surface area contributed by atoms with Gasteiger partial charge in [0.2, 0.25) is 5.91 Å². The van der Waals surface area contributed by atoms with E-state index in [1.165, 1.54) is 17.2 Å². The first-order chi connectivity index (χ1) is 12.9. The van der Waals surface area contributed by atoms with Crippen molar-refractivity contribution in [1.82, 2.24) is 9.78 Å². The van der Waals surface area contributed by atoms with E-state index < -0.39 is 0 Å². The zero-order chi connectivity index (χ0) is 19.4. The third kappa shape index (κ3) is 4.66. The molecule has 1 amide bonds. The quantitative estimate of drug-likeness (QED) is 0.622. The molecule has 1 aromatic heterocycles. The molecule has 138 valence electrons. The van der Waals surface area contributed by atoms with E-state index in [1.807, 2.05) is 30.7 Å². The number of aryl methyl sites for hydroxylation is 2. The Morgan fingerprint density at radius 1 is 1.11 bits per heavy atom. The van der Waals surface area contributed by atoms with Crippen LogP contribution in [0.2, 0.25) is 5.02 Å². The van der Waals surface area contributed by atoms with Crippen LogP contribution >= 0.6 is 11.6 Å². The van der Waals surface area contributed by atoms with Gasteiger partial charge >= 0.3 is 0 Å². The van der Waals surface area contributed by atoms with Crippen molar-refractivity contribution in [1.29, 1.82) is 0 Å². The van der Waals surface area contributed by atoms with Gasteiger partial charge < -0.3 is 5.32 Å². The van der Waals surface area contributed by atoms with Crippen molar-refractivity contribution >= 4 is 29.3 Å². The molecule has 0 bridgehead atoms. The summed E-state index contributed by atoms with van der Waals surface area (Å²) in [6, 6.07) is 15.6. The maximum Gasteiger partial charge on any atom is 0.248 e. The largest absolute Gasteiger partial charge is 0.321 e. The molecular weight excluding hydrogens is 358 g/mol. The third-order valence-electron chi connectivity index (χ3n) is 4.42. The van der Waals surface area contributed by atoms with E-state index in [0.29, 0.717) is 17.3 Å². The molecule has 0 radical (unpaired) electrons. The highest BCUT2D eigenvalue weighted by Crippen LogP contribution is 2.21. The number of hydrogen-bond acceptors (Lipinski definition) is 2. The molecule has 5 heteroatoms. The number of anilines is 1. The van der Waals surface area contributed by atoms with Gasteiger partial charge in [-0.3, -0.25) is 9.48 Å². The van der Waals surface area contributed by atoms with Crippen LogP contribution in [-0.2, 0) is 11.3 Å². The Kier molecular flexibility index (Phi) is 5.77. The van der Waals surface area contributed by atoms with E-state index in [4.69, 9.17) is 11.6 Å². The molecule has 0 spiro atoms. The van der Waals surface area contributed by atoms with E-state index in [9.17, 15) is 4.79 Å². The topological polar surface area (TPSA) is 46.9 Å². The van der Waals surface area contributed by atoms with E-state index in [2.05, 4.69) is 41.6 Å². The average molecular weight is 380 g/mol. The molecule has 0 aliphatic carbocycles. The van der Waals surface area contributed by atoms with Crippen molar-refractivity contribution in [3.63, 3.8) is 0 Å². The van der Waals surface area contributed by atoms with Crippen LogP contribution in [0.1, 0.15) is 28.1 Å². The van der Waals surface area contributed by atoms with Gasteiger partial charge in [-0.15, -0.1) is 0 Å². The Balaban J connectivity index is 1.74. The second-order valence-electron chi connectivity index (χ2n) is 6.53. The molecule has 0 aliphatic heterocycles. The Morgan fingerprint density at radius 3 is 2.52 bits per heavy atom. The minimum absolute atomic E-state index is 0.229.